The first kappa shape index (κ1) is 9.40. The first-order valence-corrected chi connectivity index (χ1v) is 4.96. The van der Waals surface area contributed by atoms with Gasteiger partial charge in [-0.3, -0.25) is 4.98 Å². The van der Waals surface area contributed by atoms with Crippen LogP contribution in [-0.4, -0.2) is 17.1 Å². The Labute approximate surface area is 90.3 Å². The number of methoxy groups -OCH3 is 1. The highest BCUT2D eigenvalue weighted by Gasteiger charge is 2.06. The molecule has 0 aliphatic heterocycles. The van der Waals surface area contributed by atoms with Crippen LogP contribution in [0.4, 0.5) is 0 Å². The summed E-state index contributed by atoms with van der Waals surface area (Å²) >= 11 is 3.45. The highest BCUT2D eigenvalue weighted by atomic mass is 79.9. The average Bonchev–Trinajstić information content (AvgIpc) is 2.19. The summed E-state index contributed by atoms with van der Waals surface area (Å²) in [5, 5.41) is 2.00. The fourth-order valence-corrected chi connectivity index (χ4v) is 1.78. The van der Waals surface area contributed by atoms with Gasteiger partial charge in [0.25, 0.3) is 0 Å². The molecule has 0 bridgehead atoms. The van der Waals surface area contributed by atoms with Crippen LogP contribution in [0.15, 0.2) is 22.9 Å². The zero-order chi connectivity index (χ0) is 10.1. The molecule has 3 nitrogen and oxygen atoms in total. The fraction of sp³-hybridized carbons (Fsp3) is 0.200. The van der Waals surface area contributed by atoms with Gasteiger partial charge in [0.1, 0.15) is 0 Å². The third-order valence-electron chi connectivity index (χ3n) is 2.02. The number of rotatable bonds is 1. The molecule has 4 heteroatoms. The highest BCUT2D eigenvalue weighted by molar-refractivity contribution is 9.10. The van der Waals surface area contributed by atoms with Crippen molar-refractivity contribution in [1.29, 1.82) is 0 Å². The van der Waals surface area contributed by atoms with E-state index >= 15 is 0 Å². The third-order valence-corrected chi connectivity index (χ3v) is 2.65. The monoisotopic (exact) mass is 252 g/mol. The Kier molecular flexibility index (Phi) is 2.37. The summed E-state index contributed by atoms with van der Waals surface area (Å²) in [5.74, 6) is 0.607. The lowest BCUT2D eigenvalue weighted by Gasteiger charge is -2.05. The lowest BCUT2D eigenvalue weighted by Crippen LogP contribution is -1.91. The van der Waals surface area contributed by atoms with Crippen LogP contribution < -0.4 is 4.74 Å². The maximum Gasteiger partial charge on any atom is 0.222 e. The Morgan fingerprint density at radius 1 is 1.21 bits per heavy atom. The highest BCUT2D eigenvalue weighted by Crippen LogP contribution is 2.28. The summed E-state index contributed by atoms with van der Waals surface area (Å²) in [6.07, 6.45) is 3.52. The number of aryl methyl sites for hydroxylation is 1. The number of halogens is 1. The van der Waals surface area contributed by atoms with Crippen LogP contribution in [0.1, 0.15) is 5.69 Å². The Hall–Kier alpha value is -1.16. The van der Waals surface area contributed by atoms with Gasteiger partial charge in [0.15, 0.2) is 0 Å². The summed E-state index contributed by atoms with van der Waals surface area (Å²) in [6, 6.07) is 2.00. The molecule has 0 atom stereocenters. The smallest absolute Gasteiger partial charge is 0.222 e. The zero-order valence-electron chi connectivity index (χ0n) is 7.91. The second-order valence-corrected chi connectivity index (χ2v) is 3.84. The zero-order valence-corrected chi connectivity index (χ0v) is 9.50. The van der Waals surface area contributed by atoms with Crippen LogP contribution in [0.2, 0.25) is 0 Å². The van der Waals surface area contributed by atoms with Crippen molar-refractivity contribution in [3.05, 3.63) is 28.6 Å². The van der Waals surface area contributed by atoms with Gasteiger partial charge in [-0.1, -0.05) is 0 Å². The fourth-order valence-electron chi connectivity index (χ4n) is 1.34. The Morgan fingerprint density at radius 2 is 2.00 bits per heavy atom. The standard InChI is InChI=1S/C10H9BrN2O/c1-6-3-7-8(4-12-6)10(14-2)13-5-9(7)11/h3-5H,1-2H3. The second-order valence-electron chi connectivity index (χ2n) is 2.99. The minimum Gasteiger partial charge on any atom is -0.481 e. The number of nitrogens with zero attached hydrogens (tertiary/aromatic N) is 2. The van der Waals surface area contributed by atoms with Gasteiger partial charge < -0.3 is 4.74 Å². The van der Waals surface area contributed by atoms with E-state index < -0.39 is 0 Å². The predicted molar refractivity (Wildman–Crippen MR) is 58.5 cm³/mol. The molecular weight excluding hydrogens is 244 g/mol. The molecule has 2 aromatic rings. The van der Waals surface area contributed by atoms with Crippen molar-refractivity contribution in [3.63, 3.8) is 0 Å². The number of aromatic nitrogens is 2. The lowest BCUT2D eigenvalue weighted by atomic mass is 10.2. The van der Waals surface area contributed by atoms with Crippen molar-refractivity contribution in [2.24, 2.45) is 0 Å². The number of ether oxygens (including phenoxy) is 1. The van der Waals surface area contributed by atoms with Crippen molar-refractivity contribution in [3.8, 4) is 5.88 Å². The number of hydrogen-bond acceptors (Lipinski definition) is 3. The molecule has 0 unspecified atom stereocenters. The molecule has 72 valence electrons. The molecule has 0 fully saturated rings. The van der Waals surface area contributed by atoms with Crippen LogP contribution in [0.3, 0.4) is 0 Å². The molecule has 2 aromatic heterocycles. The summed E-state index contributed by atoms with van der Waals surface area (Å²) in [4.78, 5) is 8.36. The minimum absolute atomic E-state index is 0.607. The Balaban J connectivity index is 2.84. The molecule has 0 spiro atoms. The minimum atomic E-state index is 0.607. The molecule has 0 saturated heterocycles. The van der Waals surface area contributed by atoms with E-state index in [0.717, 1.165) is 20.9 Å². The van der Waals surface area contributed by atoms with Gasteiger partial charge in [-0.25, -0.2) is 4.98 Å². The van der Waals surface area contributed by atoms with Gasteiger partial charge >= 0.3 is 0 Å². The number of hydrogen-bond donors (Lipinski definition) is 0. The molecule has 0 saturated carbocycles. The molecule has 2 heterocycles. The molecule has 0 amide bonds. The molecular formula is C10H9BrN2O. The molecule has 14 heavy (non-hydrogen) atoms. The number of pyridine rings is 2. The molecule has 0 aliphatic rings. The molecule has 0 radical (unpaired) electrons. The Morgan fingerprint density at radius 3 is 2.71 bits per heavy atom. The van der Waals surface area contributed by atoms with E-state index in [9.17, 15) is 0 Å². The van der Waals surface area contributed by atoms with Crippen LogP contribution in [-0.2, 0) is 0 Å². The van der Waals surface area contributed by atoms with E-state index in [1.807, 2.05) is 13.0 Å². The van der Waals surface area contributed by atoms with Crippen LogP contribution in [0.25, 0.3) is 10.8 Å². The van der Waals surface area contributed by atoms with Crippen molar-refractivity contribution in [2.45, 2.75) is 6.92 Å². The lowest BCUT2D eigenvalue weighted by molar-refractivity contribution is 0.403. The van der Waals surface area contributed by atoms with Gasteiger partial charge in [0.2, 0.25) is 5.88 Å². The van der Waals surface area contributed by atoms with E-state index in [1.165, 1.54) is 0 Å². The van der Waals surface area contributed by atoms with E-state index in [0.29, 0.717) is 5.88 Å². The summed E-state index contributed by atoms with van der Waals surface area (Å²) < 4.78 is 6.11. The topological polar surface area (TPSA) is 35.0 Å². The summed E-state index contributed by atoms with van der Waals surface area (Å²) in [5.41, 5.74) is 0.978. The van der Waals surface area contributed by atoms with Gasteiger partial charge in [-0.05, 0) is 28.9 Å². The van der Waals surface area contributed by atoms with Crippen molar-refractivity contribution < 1.29 is 4.74 Å². The van der Waals surface area contributed by atoms with Crippen molar-refractivity contribution in [2.75, 3.05) is 7.11 Å². The summed E-state index contributed by atoms with van der Waals surface area (Å²) in [6.45, 7) is 1.96. The van der Waals surface area contributed by atoms with E-state index in [1.54, 1.807) is 19.5 Å². The van der Waals surface area contributed by atoms with Gasteiger partial charge in [0, 0.05) is 27.9 Å². The number of fused-ring (bicyclic) bond motifs is 1. The van der Waals surface area contributed by atoms with Crippen molar-refractivity contribution >= 4 is 26.7 Å². The molecule has 2 rings (SSSR count). The first-order valence-electron chi connectivity index (χ1n) is 4.17. The third kappa shape index (κ3) is 1.46. The average molecular weight is 253 g/mol. The molecule has 0 N–H and O–H groups in total. The van der Waals surface area contributed by atoms with Crippen LogP contribution >= 0.6 is 15.9 Å². The van der Waals surface area contributed by atoms with E-state index in [-0.39, 0.29) is 0 Å². The SMILES string of the molecule is COc1ncc(Br)c2cc(C)ncc12. The van der Waals surface area contributed by atoms with E-state index in [4.69, 9.17) is 4.74 Å². The van der Waals surface area contributed by atoms with E-state index in [2.05, 4.69) is 25.9 Å². The van der Waals surface area contributed by atoms with Gasteiger partial charge in [0.05, 0.1) is 12.5 Å². The maximum atomic E-state index is 5.15. The summed E-state index contributed by atoms with van der Waals surface area (Å²) in [7, 11) is 1.61. The largest absolute Gasteiger partial charge is 0.481 e. The van der Waals surface area contributed by atoms with Crippen LogP contribution in [0, 0.1) is 6.92 Å². The molecule has 0 aliphatic carbocycles. The quantitative estimate of drug-likeness (QED) is 0.783. The van der Waals surface area contributed by atoms with Gasteiger partial charge in [-0.15, -0.1) is 0 Å². The molecule has 0 aromatic carbocycles. The van der Waals surface area contributed by atoms with Gasteiger partial charge in [-0.2, -0.15) is 0 Å². The second kappa shape index (κ2) is 3.53. The Bertz CT molecular complexity index is 485. The first-order chi connectivity index (χ1) is 6.72. The normalized spacial score (nSPS) is 10.5. The predicted octanol–water partition coefficient (Wildman–Crippen LogP) is 2.71. The maximum absolute atomic E-state index is 5.15. The van der Waals surface area contributed by atoms with Crippen molar-refractivity contribution in [1.82, 2.24) is 9.97 Å². The van der Waals surface area contributed by atoms with Crippen LogP contribution in [0.5, 0.6) is 5.88 Å².